The third-order valence-electron chi connectivity index (χ3n) is 4.14. The van der Waals surface area contributed by atoms with Crippen LogP contribution in [0.25, 0.3) is 10.8 Å². The van der Waals surface area contributed by atoms with Crippen molar-refractivity contribution < 1.29 is 13.2 Å². The molecule has 26 heavy (non-hydrogen) atoms. The van der Waals surface area contributed by atoms with Gasteiger partial charge < -0.3 is 5.32 Å². The first-order valence-electron chi connectivity index (χ1n) is 8.17. The van der Waals surface area contributed by atoms with E-state index in [0.717, 1.165) is 26.9 Å². The Morgan fingerprint density at radius 3 is 2.35 bits per heavy atom. The predicted octanol–water partition coefficient (Wildman–Crippen LogP) is 3.55. The number of fused-ring (bicyclic) bond motifs is 1. The third kappa shape index (κ3) is 3.86. The average Bonchev–Trinajstić information content (AvgIpc) is 2.60. The number of carbonyl (C=O) groups is 1. The van der Waals surface area contributed by atoms with E-state index in [1.54, 1.807) is 18.2 Å². The van der Waals surface area contributed by atoms with Gasteiger partial charge >= 0.3 is 0 Å². The van der Waals surface area contributed by atoms with E-state index in [4.69, 9.17) is 0 Å². The van der Waals surface area contributed by atoms with Crippen LogP contribution in [0.5, 0.6) is 0 Å². The van der Waals surface area contributed by atoms with Crippen LogP contribution in [-0.2, 0) is 14.8 Å². The summed E-state index contributed by atoms with van der Waals surface area (Å²) in [7, 11) is -3.63. The molecule has 0 aromatic heterocycles. The second-order valence-electron chi connectivity index (χ2n) is 6.13. The number of hydrogen-bond acceptors (Lipinski definition) is 3. The normalized spacial score (nSPS) is 11.3. The van der Waals surface area contributed by atoms with Gasteiger partial charge in [0.2, 0.25) is 15.9 Å². The van der Waals surface area contributed by atoms with Gasteiger partial charge in [-0.15, -0.1) is 0 Å². The second kappa shape index (κ2) is 7.17. The molecular weight excluding hydrogens is 348 g/mol. The quantitative estimate of drug-likeness (QED) is 0.749. The molecule has 0 fully saturated rings. The van der Waals surface area contributed by atoms with E-state index in [1.165, 1.54) is 0 Å². The summed E-state index contributed by atoms with van der Waals surface area (Å²) >= 11 is 0. The highest BCUT2D eigenvalue weighted by atomic mass is 32.2. The Balaban J connectivity index is 1.95. The molecular formula is C20H20N2O3S. The van der Waals surface area contributed by atoms with Crippen molar-refractivity contribution in [1.82, 2.24) is 0 Å². The lowest BCUT2D eigenvalue weighted by atomic mass is 10.1. The number of amides is 1. The first-order valence-corrected chi connectivity index (χ1v) is 10.0. The Labute approximate surface area is 153 Å². The van der Waals surface area contributed by atoms with Crippen LogP contribution in [0.4, 0.5) is 11.4 Å². The molecule has 0 saturated carbocycles. The number of carbonyl (C=O) groups excluding carboxylic acids is 1. The van der Waals surface area contributed by atoms with Crippen LogP contribution in [0.2, 0.25) is 0 Å². The van der Waals surface area contributed by atoms with Gasteiger partial charge in [0.1, 0.15) is 6.54 Å². The van der Waals surface area contributed by atoms with Crippen LogP contribution in [0, 0.1) is 6.92 Å². The van der Waals surface area contributed by atoms with Gasteiger partial charge in [0.05, 0.1) is 11.9 Å². The number of rotatable bonds is 5. The second-order valence-corrected chi connectivity index (χ2v) is 8.04. The third-order valence-corrected chi connectivity index (χ3v) is 5.27. The number of anilines is 2. The van der Waals surface area contributed by atoms with Gasteiger partial charge in [-0.3, -0.25) is 9.10 Å². The topological polar surface area (TPSA) is 66.5 Å². The van der Waals surface area contributed by atoms with Gasteiger partial charge in [-0.05, 0) is 30.0 Å². The lowest BCUT2D eigenvalue weighted by Gasteiger charge is -2.23. The number of nitrogens with zero attached hydrogens (tertiary/aromatic N) is 1. The average molecular weight is 368 g/mol. The summed E-state index contributed by atoms with van der Waals surface area (Å²) in [4.78, 5) is 12.5. The van der Waals surface area contributed by atoms with Crippen molar-refractivity contribution in [2.45, 2.75) is 6.92 Å². The molecule has 0 saturated heterocycles. The van der Waals surface area contributed by atoms with E-state index in [9.17, 15) is 13.2 Å². The van der Waals surface area contributed by atoms with Gasteiger partial charge in [0.15, 0.2) is 0 Å². The number of hydrogen-bond donors (Lipinski definition) is 1. The molecule has 0 unspecified atom stereocenters. The van der Waals surface area contributed by atoms with Crippen molar-refractivity contribution in [2.24, 2.45) is 0 Å². The van der Waals surface area contributed by atoms with Crippen LogP contribution in [0.1, 0.15) is 5.56 Å². The summed E-state index contributed by atoms with van der Waals surface area (Å²) in [6.45, 7) is 1.59. The molecule has 1 N–H and O–H groups in total. The van der Waals surface area contributed by atoms with Gasteiger partial charge in [0, 0.05) is 11.1 Å². The van der Waals surface area contributed by atoms with Crippen LogP contribution in [0.15, 0.2) is 66.7 Å². The number of sulfonamides is 1. The fourth-order valence-corrected chi connectivity index (χ4v) is 3.71. The predicted molar refractivity (Wildman–Crippen MR) is 106 cm³/mol. The Hall–Kier alpha value is -2.86. The maximum atomic E-state index is 12.5. The summed E-state index contributed by atoms with van der Waals surface area (Å²) < 4.78 is 25.9. The minimum Gasteiger partial charge on any atom is -0.324 e. The van der Waals surface area contributed by atoms with Crippen molar-refractivity contribution in [3.8, 4) is 0 Å². The molecule has 5 nitrogen and oxygen atoms in total. The van der Waals surface area contributed by atoms with Crippen molar-refractivity contribution in [2.75, 3.05) is 22.4 Å². The zero-order chi connectivity index (χ0) is 18.7. The largest absolute Gasteiger partial charge is 0.324 e. The maximum Gasteiger partial charge on any atom is 0.245 e. The summed E-state index contributed by atoms with van der Waals surface area (Å²) in [6.07, 6.45) is 1.11. The molecule has 0 aliphatic heterocycles. The first kappa shape index (κ1) is 17.9. The summed E-state index contributed by atoms with van der Waals surface area (Å²) in [5.74, 6) is -0.391. The van der Waals surface area contributed by atoms with Gasteiger partial charge in [-0.2, -0.15) is 0 Å². The lowest BCUT2D eigenvalue weighted by molar-refractivity contribution is -0.114. The Morgan fingerprint density at radius 2 is 1.62 bits per heavy atom. The molecule has 3 rings (SSSR count). The molecule has 0 atom stereocenters. The van der Waals surface area contributed by atoms with Gasteiger partial charge in [-0.1, -0.05) is 54.6 Å². The van der Waals surface area contributed by atoms with Crippen LogP contribution in [-0.4, -0.2) is 27.1 Å². The standard InChI is InChI=1S/C20H20N2O3S/c1-15-8-3-6-12-18(15)21-20(23)14-22(26(2,24)25)19-13-7-10-16-9-4-5-11-17(16)19/h3-13H,14H2,1-2H3,(H,21,23). The molecule has 0 aliphatic carbocycles. The molecule has 3 aromatic carbocycles. The molecule has 6 heteroatoms. The first-order chi connectivity index (χ1) is 12.4. The molecule has 134 valence electrons. The number of nitrogens with one attached hydrogen (secondary N) is 1. The molecule has 0 radical (unpaired) electrons. The van der Waals surface area contributed by atoms with E-state index in [1.807, 2.05) is 55.5 Å². The number of para-hydroxylation sites is 1. The number of benzene rings is 3. The van der Waals surface area contributed by atoms with Crippen molar-refractivity contribution in [3.05, 3.63) is 72.3 Å². The van der Waals surface area contributed by atoms with Gasteiger partial charge in [-0.25, -0.2) is 8.42 Å². The fraction of sp³-hybridized carbons (Fsp3) is 0.150. The van der Waals surface area contributed by atoms with Crippen LogP contribution in [0.3, 0.4) is 0 Å². The molecule has 1 amide bonds. The van der Waals surface area contributed by atoms with Crippen LogP contribution >= 0.6 is 0 Å². The summed E-state index contributed by atoms with van der Waals surface area (Å²) in [6, 6.07) is 20.3. The highest BCUT2D eigenvalue weighted by molar-refractivity contribution is 7.92. The van der Waals surface area contributed by atoms with E-state index in [0.29, 0.717) is 11.4 Å². The lowest BCUT2D eigenvalue weighted by Crippen LogP contribution is -2.37. The van der Waals surface area contributed by atoms with Crippen molar-refractivity contribution in [3.63, 3.8) is 0 Å². The van der Waals surface area contributed by atoms with E-state index in [-0.39, 0.29) is 6.54 Å². The Morgan fingerprint density at radius 1 is 0.962 bits per heavy atom. The van der Waals surface area contributed by atoms with Crippen LogP contribution < -0.4 is 9.62 Å². The zero-order valence-corrected chi connectivity index (χ0v) is 15.5. The Kier molecular flexibility index (Phi) is 4.95. The molecule has 0 aliphatic rings. The van der Waals surface area contributed by atoms with E-state index in [2.05, 4.69) is 5.32 Å². The number of aryl methyl sites for hydroxylation is 1. The minimum atomic E-state index is -3.63. The van der Waals surface area contributed by atoms with E-state index < -0.39 is 15.9 Å². The van der Waals surface area contributed by atoms with Crippen molar-refractivity contribution >= 4 is 38.1 Å². The maximum absolute atomic E-state index is 12.5. The SMILES string of the molecule is Cc1ccccc1NC(=O)CN(c1cccc2ccccc12)S(C)(=O)=O. The fourth-order valence-electron chi connectivity index (χ4n) is 2.84. The summed E-state index contributed by atoms with van der Waals surface area (Å²) in [5.41, 5.74) is 2.08. The summed E-state index contributed by atoms with van der Waals surface area (Å²) in [5, 5.41) is 4.48. The monoisotopic (exact) mass is 368 g/mol. The minimum absolute atomic E-state index is 0.291. The molecule has 0 bridgehead atoms. The van der Waals surface area contributed by atoms with Gasteiger partial charge in [0.25, 0.3) is 0 Å². The molecule has 0 spiro atoms. The Bertz CT molecular complexity index is 1060. The smallest absolute Gasteiger partial charge is 0.245 e. The molecule has 0 heterocycles. The zero-order valence-electron chi connectivity index (χ0n) is 14.6. The van der Waals surface area contributed by atoms with Crippen molar-refractivity contribution in [1.29, 1.82) is 0 Å². The molecule has 3 aromatic rings. The highest BCUT2D eigenvalue weighted by Crippen LogP contribution is 2.28. The van der Waals surface area contributed by atoms with E-state index >= 15 is 0 Å². The highest BCUT2D eigenvalue weighted by Gasteiger charge is 2.22.